The SMILES string of the molecule is N.O=[N+]([O-])[O-].O=[N+]([O-])[O-].[Ca+2].[K+]. The first kappa shape index (κ1) is 29.5. The minimum Gasteiger partial charge on any atom is -0.356 e. The summed E-state index contributed by atoms with van der Waals surface area (Å²) in [6.07, 6.45) is 0. The molecule has 0 radical (unpaired) electrons. The first-order valence-electron chi connectivity index (χ1n) is 1.10. The zero-order chi connectivity index (χ0) is 7.15. The van der Waals surface area contributed by atoms with E-state index in [9.17, 15) is 0 Å². The predicted molar refractivity (Wildman–Crippen MR) is 31.5 cm³/mol. The van der Waals surface area contributed by atoms with Gasteiger partial charge in [0.2, 0.25) is 0 Å². The van der Waals surface area contributed by atoms with E-state index in [4.69, 9.17) is 30.6 Å². The molecule has 0 aliphatic heterocycles. The topological polar surface area (TPSA) is 167 Å². The zero-order valence-electron chi connectivity index (χ0n) is 5.76. The zero-order valence-corrected chi connectivity index (χ0v) is 11.1. The molecule has 0 saturated carbocycles. The molecule has 0 aliphatic carbocycles. The molecule has 56 valence electrons. The summed E-state index contributed by atoms with van der Waals surface area (Å²) in [4.78, 5) is 16.5. The third-order valence-corrected chi connectivity index (χ3v) is 0. The Morgan fingerprint density at radius 3 is 0.818 bits per heavy atom. The maximum atomic E-state index is 8.25. The summed E-state index contributed by atoms with van der Waals surface area (Å²) in [7, 11) is 0. The van der Waals surface area contributed by atoms with E-state index in [1.165, 1.54) is 0 Å². The summed E-state index contributed by atoms with van der Waals surface area (Å²) in [5, 5.41) is 29.5. The number of nitrogens with zero attached hydrogens (tertiary/aromatic N) is 2. The Kier molecular flexibility index (Phi) is 60.3. The molecule has 0 heterocycles. The van der Waals surface area contributed by atoms with E-state index in [1.54, 1.807) is 0 Å². The second-order valence-corrected chi connectivity index (χ2v) is 0.447. The van der Waals surface area contributed by atoms with Crippen molar-refractivity contribution < 1.29 is 61.6 Å². The van der Waals surface area contributed by atoms with Crippen molar-refractivity contribution in [1.29, 1.82) is 0 Å². The summed E-state index contributed by atoms with van der Waals surface area (Å²) >= 11 is 0. The average molecular weight is 220 g/mol. The number of hydrogen-bond acceptors (Lipinski definition) is 7. The van der Waals surface area contributed by atoms with Crippen LogP contribution in [-0.2, 0) is 0 Å². The van der Waals surface area contributed by atoms with E-state index in [2.05, 4.69) is 0 Å². The van der Waals surface area contributed by atoms with Crippen LogP contribution in [0.1, 0.15) is 0 Å². The summed E-state index contributed by atoms with van der Waals surface area (Å²) in [6.45, 7) is 0. The van der Waals surface area contributed by atoms with Crippen LogP contribution < -0.4 is 57.5 Å². The second kappa shape index (κ2) is 22.5. The van der Waals surface area contributed by atoms with Gasteiger partial charge in [0.15, 0.2) is 0 Å². The first-order valence-corrected chi connectivity index (χ1v) is 1.10. The summed E-state index contributed by atoms with van der Waals surface area (Å²) < 4.78 is 0. The molecule has 0 atom stereocenters. The van der Waals surface area contributed by atoms with Gasteiger partial charge in [-0.25, -0.2) is 0 Å². The van der Waals surface area contributed by atoms with Gasteiger partial charge in [-0.05, 0) is 0 Å². The molecule has 11 heteroatoms. The van der Waals surface area contributed by atoms with E-state index in [-0.39, 0.29) is 95.3 Å². The van der Waals surface area contributed by atoms with E-state index < -0.39 is 10.2 Å². The smallest absolute Gasteiger partial charge is 0.356 e. The quantitative estimate of drug-likeness (QED) is 0.249. The van der Waals surface area contributed by atoms with Gasteiger partial charge in [0, 0.05) is 0 Å². The Balaban J connectivity index is -0.0000000171. The molecular weight excluding hydrogens is 217 g/mol. The van der Waals surface area contributed by atoms with Crippen molar-refractivity contribution >= 4 is 37.7 Å². The van der Waals surface area contributed by atoms with Crippen molar-refractivity contribution in [2.75, 3.05) is 0 Å². The standard InChI is InChI=1S/Ca.K.2NO3.H3N/c;;2*2-1(3)4;/h;;;;1H3/q+2;+1;2*-1;. The van der Waals surface area contributed by atoms with Gasteiger partial charge >= 0.3 is 89.1 Å². The van der Waals surface area contributed by atoms with Crippen molar-refractivity contribution in [2.45, 2.75) is 0 Å². The fourth-order valence-corrected chi connectivity index (χ4v) is 0. The minimum atomic E-state index is -1.75. The number of rotatable bonds is 0. The van der Waals surface area contributed by atoms with Crippen LogP contribution in [0.15, 0.2) is 0 Å². The van der Waals surface area contributed by atoms with Crippen molar-refractivity contribution in [3.05, 3.63) is 30.6 Å². The second-order valence-electron chi connectivity index (χ2n) is 0.447. The Bertz CT molecular complexity index is 75.8. The third-order valence-electron chi connectivity index (χ3n) is 0. The summed E-state index contributed by atoms with van der Waals surface area (Å²) in [6, 6.07) is 0. The van der Waals surface area contributed by atoms with Crippen LogP contribution in [-0.4, -0.2) is 47.9 Å². The largest absolute Gasteiger partial charge is 2.00 e. The fourth-order valence-electron chi connectivity index (χ4n) is 0. The van der Waals surface area contributed by atoms with Crippen molar-refractivity contribution in [3.63, 3.8) is 0 Å². The van der Waals surface area contributed by atoms with Crippen LogP contribution in [0.3, 0.4) is 0 Å². The molecular formula is H3CaKN3O6+. The molecule has 0 aliphatic rings. The molecule has 0 rings (SSSR count). The van der Waals surface area contributed by atoms with Crippen LogP contribution in [0.5, 0.6) is 0 Å². The maximum Gasteiger partial charge on any atom is 2.00 e. The Labute approximate surface area is 133 Å². The Morgan fingerprint density at radius 1 is 0.818 bits per heavy atom. The van der Waals surface area contributed by atoms with E-state index >= 15 is 0 Å². The molecule has 0 amide bonds. The molecule has 3 N–H and O–H groups in total. The molecule has 0 aromatic carbocycles. The van der Waals surface area contributed by atoms with Crippen molar-refractivity contribution in [2.24, 2.45) is 0 Å². The monoisotopic (exact) mass is 220 g/mol. The molecule has 0 fully saturated rings. The van der Waals surface area contributed by atoms with E-state index in [0.717, 1.165) is 0 Å². The maximum absolute atomic E-state index is 8.25. The van der Waals surface area contributed by atoms with Gasteiger partial charge in [0.25, 0.3) is 0 Å². The van der Waals surface area contributed by atoms with E-state index in [1.807, 2.05) is 0 Å². The molecule has 0 aromatic heterocycles. The Morgan fingerprint density at radius 2 is 0.818 bits per heavy atom. The average Bonchev–Trinajstić information content (AvgIpc) is 1.25. The van der Waals surface area contributed by atoms with Gasteiger partial charge in [-0.3, -0.25) is 0 Å². The van der Waals surface area contributed by atoms with Gasteiger partial charge in [-0.2, -0.15) is 0 Å². The molecule has 0 spiro atoms. The minimum absolute atomic E-state index is 0. The van der Waals surface area contributed by atoms with Crippen LogP contribution in [0, 0.1) is 30.6 Å². The number of hydrogen-bond donors (Lipinski definition) is 1. The summed E-state index contributed by atoms with van der Waals surface area (Å²) in [5.41, 5.74) is 0. The van der Waals surface area contributed by atoms with Gasteiger partial charge < -0.3 is 36.8 Å². The molecule has 11 heavy (non-hydrogen) atoms. The predicted octanol–water partition coefficient (Wildman–Crippen LogP) is -3.69. The van der Waals surface area contributed by atoms with Gasteiger partial charge in [-0.15, -0.1) is 0 Å². The van der Waals surface area contributed by atoms with Gasteiger partial charge in [0.1, 0.15) is 0 Å². The molecule has 9 nitrogen and oxygen atoms in total. The summed E-state index contributed by atoms with van der Waals surface area (Å²) in [5.74, 6) is 0. The van der Waals surface area contributed by atoms with Crippen molar-refractivity contribution in [1.82, 2.24) is 6.15 Å². The molecule has 0 aromatic rings. The van der Waals surface area contributed by atoms with Crippen LogP contribution in [0.25, 0.3) is 0 Å². The molecule has 0 bridgehead atoms. The van der Waals surface area contributed by atoms with Crippen LogP contribution >= 0.6 is 0 Å². The molecule has 0 unspecified atom stereocenters. The third kappa shape index (κ3) is 611. The Hall–Kier alpha value is 1.26. The fraction of sp³-hybridized carbons (Fsp3) is 0. The van der Waals surface area contributed by atoms with Crippen molar-refractivity contribution in [3.8, 4) is 0 Å². The first-order chi connectivity index (χ1) is 3.46. The van der Waals surface area contributed by atoms with Gasteiger partial charge in [0.05, 0.1) is 10.2 Å². The van der Waals surface area contributed by atoms with E-state index in [0.29, 0.717) is 0 Å². The van der Waals surface area contributed by atoms with Gasteiger partial charge in [-0.1, -0.05) is 0 Å². The van der Waals surface area contributed by atoms with Crippen LogP contribution in [0.4, 0.5) is 0 Å². The normalized spacial score (nSPS) is 4.36. The molecule has 0 saturated heterocycles. The van der Waals surface area contributed by atoms with Crippen LogP contribution in [0.2, 0.25) is 0 Å².